The van der Waals surface area contributed by atoms with E-state index in [4.69, 9.17) is 0 Å². The van der Waals surface area contributed by atoms with E-state index < -0.39 is 4.92 Å². The number of rotatable bonds is 3. The second-order valence-corrected chi connectivity index (χ2v) is 3.95. The molecule has 1 N–H and O–H groups in total. The molecule has 0 saturated heterocycles. The van der Waals surface area contributed by atoms with Crippen molar-refractivity contribution in [2.45, 2.75) is 0 Å². The largest absolute Gasteiger partial charge is 0.363 e. The molecular formula is C9H8N4O2S. The fourth-order valence-corrected chi connectivity index (χ4v) is 1.89. The van der Waals surface area contributed by atoms with Gasteiger partial charge in [-0.1, -0.05) is 23.5 Å². The van der Waals surface area contributed by atoms with Gasteiger partial charge in [-0.2, -0.15) is 0 Å². The van der Waals surface area contributed by atoms with E-state index in [1.807, 2.05) is 0 Å². The summed E-state index contributed by atoms with van der Waals surface area (Å²) >= 11 is 1.35. The van der Waals surface area contributed by atoms with Crippen molar-refractivity contribution in [3.8, 4) is 10.6 Å². The highest BCUT2D eigenvalue weighted by Gasteiger charge is 2.10. The zero-order valence-corrected chi connectivity index (χ0v) is 9.19. The molecule has 0 aliphatic rings. The van der Waals surface area contributed by atoms with Crippen LogP contribution < -0.4 is 5.32 Å². The van der Waals surface area contributed by atoms with Crippen molar-refractivity contribution in [1.82, 2.24) is 10.2 Å². The first kappa shape index (κ1) is 10.5. The topological polar surface area (TPSA) is 81.0 Å². The van der Waals surface area contributed by atoms with Crippen LogP contribution in [0.3, 0.4) is 0 Å². The Morgan fingerprint density at radius 2 is 2.25 bits per heavy atom. The lowest BCUT2D eigenvalue weighted by molar-refractivity contribution is -0.384. The molecule has 0 bridgehead atoms. The molecule has 82 valence electrons. The van der Waals surface area contributed by atoms with Gasteiger partial charge >= 0.3 is 0 Å². The molecule has 6 nitrogen and oxygen atoms in total. The van der Waals surface area contributed by atoms with Crippen molar-refractivity contribution < 1.29 is 4.92 Å². The maximum atomic E-state index is 10.6. The van der Waals surface area contributed by atoms with Gasteiger partial charge in [-0.3, -0.25) is 10.1 Å². The molecule has 1 aromatic heterocycles. The van der Waals surface area contributed by atoms with Gasteiger partial charge in [0.2, 0.25) is 5.13 Å². The summed E-state index contributed by atoms with van der Waals surface area (Å²) in [7, 11) is 1.75. The number of nitrogens with zero attached hydrogens (tertiary/aromatic N) is 3. The van der Waals surface area contributed by atoms with E-state index in [0.717, 1.165) is 0 Å². The molecule has 0 atom stereocenters. The van der Waals surface area contributed by atoms with Gasteiger partial charge in [0.05, 0.1) is 4.92 Å². The molecule has 16 heavy (non-hydrogen) atoms. The van der Waals surface area contributed by atoms with E-state index >= 15 is 0 Å². The second-order valence-electron chi connectivity index (χ2n) is 2.97. The minimum Gasteiger partial charge on any atom is -0.363 e. The quantitative estimate of drug-likeness (QED) is 0.652. The monoisotopic (exact) mass is 236 g/mol. The molecule has 0 saturated carbocycles. The number of benzene rings is 1. The third-order valence-electron chi connectivity index (χ3n) is 1.94. The van der Waals surface area contributed by atoms with E-state index in [2.05, 4.69) is 15.5 Å². The normalized spacial score (nSPS) is 10.1. The summed E-state index contributed by atoms with van der Waals surface area (Å²) in [5.74, 6) is 0. The highest BCUT2D eigenvalue weighted by atomic mass is 32.1. The second kappa shape index (κ2) is 4.23. The predicted molar refractivity (Wildman–Crippen MR) is 61.5 cm³/mol. The maximum Gasteiger partial charge on any atom is 0.270 e. The molecule has 0 radical (unpaired) electrons. The van der Waals surface area contributed by atoms with Gasteiger partial charge in [-0.25, -0.2) is 0 Å². The summed E-state index contributed by atoms with van der Waals surface area (Å²) in [5, 5.41) is 22.6. The number of nitrogens with one attached hydrogen (secondary N) is 1. The molecule has 2 rings (SSSR count). The highest BCUT2D eigenvalue weighted by Crippen LogP contribution is 2.28. The maximum absolute atomic E-state index is 10.6. The number of non-ortho nitro benzene ring substituents is 1. The molecule has 0 aliphatic carbocycles. The van der Waals surface area contributed by atoms with Crippen LogP contribution in [0.5, 0.6) is 0 Å². The van der Waals surface area contributed by atoms with E-state index in [-0.39, 0.29) is 5.69 Å². The lowest BCUT2D eigenvalue weighted by Gasteiger charge is -1.94. The van der Waals surface area contributed by atoms with Crippen LogP contribution in [0.1, 0.15) is 0 Å². The Hall–Kier alpha value is -2.02. The average molecular weight is 236 g/mol. The SMILES string of the molecule is CNc1nnc(-c2cccc([N+](=O)[O-])c2)s1. The fourth-order valence-electron chi connectivity index (χ4n) is 1.19. The van der Waals surface area contributed by atoms with Crippen LogP contribution in [0, 0.1) is 10.1 Å². The lowest BCUT2D eigenvalue weighted by atomic mass is 10.2. The van der Waals surface area contributed by atoms with Gasteiger partial charge in [-0.05, 0) is 0 Å². The van der Waals surface area contributed by atoms with Crippen molar-refractivity contribution in [1.29, 1.82) is 0 Å². The Labute approximate surface area is 95.1 Å². The first-order valence-electron chi connectivity index (χ1n) is 4.47. The van der Waals surface area contributed by atoms with E-state index in [1.54, 1.807) is 19.2 Å². The molecule has 0 fully saturated rings. The van der Waals surface area contributed by atoms with E-state index in [9.17, 15) is 10.1 Å². The summed E-state index contributed by atoms with van der Waals surface area (Å²) in [6.07, 6.45) is 0. The summed E-state index contributed by atoms with van der Waals surface area (Å²) < 4.78 is 0. The third-order valence-corrected chi connectivity index (χ3v) is 2.93. The van der Waals surface area contributed by atoms with Crippen LogP contribution in [-0.4, -0.2) is 22.2 Å². The van der Waals surface area contributed by atoms with Crippen LogP contribution >= 0.6 is 11.3 Å². The predicted octanol–water partition coefficient (Wildman–Crippen LogP) is 2.15. The Bertz CT molecular complexity index is 526. The Kier molecular flexibility index (Phi) is 2.78. The summed E-state index contributed by atoms with van der Waals surface area (Å²) in [6, 6.07) is 6.34. The van der Waals surface area contributed by atoms with Crippen LogP contribution in [0.15, 0.2) is 24.3 Å². The number of nitro benzene ring substituents is 1. The molecule has 0 amide bonds. The average Bonchev–Trinajstić information content (AvgIpc) is 2.77. The van der Waals surface area contributed by atoms with Gasteiger partial charge in [-0.15, -0.1) is 10.2 Å². The van der Waals surface area contributed by atoms with E-state index in [1.165, 1.54) is 23.5 Å². The minimum atomic E-state index is -0.427. The van der Waals surface area contributed by atoms with Gasteiger partial charge < -0.3 is 5.32 Å². The van der Waals surface area contributed by atoms with Gasteiger partial charge in [0.25, 0.3) is 5.69 Å². The molecule has 0 unspecified atom stereocenters. The molecule has 0 aliphatic heterocycles. The standard InChI is InChI=1S/C9H8N4O2S/c1-10-9-12-11-8(16-9)6-3-2-4-7(5-6)13(14)15/h2-5H,1H3,(H,10,12). The third kappa shape index (κ3) is 1.98. The molecular weight excluding hydrogens is 228 g/mol. The summed E-state index contributed by atoms with van der Waals surface area (Å²) in [5.41, 5.74) is 0.756. The molecule has 1 heterocycles. The van der Waals surface area contributed by atoms with Crippen molar-refractivity contribution in [3.05, 3.63) is 34.4 Å². The molecule has 1 aromatic carbocycles. The van der Waals surface area contributed by atoms with E-state index in [0.29, 0.717) is 15.7 Å². The number of hydrogen-bond acceptors (Lipinski definition) is 6. The number of hydrogen-bond donors (Lipinski definition) is 1. The summed E-state index contributed by atoms with van der Waals surface area (Å²) in [6.45, 7) is 0. The first-order chi connectivity index (χ1) is 7.70. The fraction of sp³-hybridized carbons (Fsp3) is 0.111. The smallest absolute Gasteiger partial charge is 0.270 e. The van der Waals surface area contributed by atoms with Crippen LogP contribution in [0.25, 0.3) is 10.6 Å². The van der Waals surface area contributed by atoms with Crippen molar-refractivity contribution >= 4 is 22.2 Å². The Balaban J connectivity index is 2.40. The van der Waals surface area contributed by atoms with Crippen LogP contribution in [-0.2, 0) is 0 Å². The zero-order valence-electron chi connectivity index (χ0n) is 8.38. The van der Waals surface area contributed by atoms with Crippen LogP contribution in [0.2, 0.25) is 0 Å². The first-order valence-corrected chi connectivity index (χ1v) is 5.28. The number of anilines is 1. The minimum absolute atomic E-state index is 0.0544. The molecule has 0 spiro atoms. The Morgan fingerprint density at radius 1 is 1.44 bits per heavy atom. The Morgan fingerprint density at radius 3 is 2.88 bits per heavy atom. The molecule has 2 aromatic rings. The van der Waals surface area contributed by atoms with Crippen molar-refractivity contribution in [3.63, 3.8) is 0 Å². The lowest BCUT2D eigenvalue weighted by Crippen LogP contribution is -1.87. The number of nitro groups is 1. The zero-order chi connectivity index (χ0) is 11.5. The van der Waals surface area contributed by atoms with Gasteiger partial charge in [0, 0.05) is 24.7 Å². The summed E-state index contributed by atoms with van der Waals surface area (Å²) in [4.78, 5) is 10.2. The van der Waals surface area contributed by atoms with Crippen molar-refractivity contribution in [2.75, 3.05) is 12.4 Å². The van der Waals surface area contributed by atoms with Crippen LogP contribution in [0.4, 0.5) is 10.8 Å². The van der Waals surface area contributed by atoms with Gasteiger partial charge in [0.1, 0.15) is 5.01 Å². The van der Waals surface area contributed by atoms with Crippen molar-refractivity contribution in [2.24, 2.45) is 0 Å². The van der Waals surface area contributed by atoms with Gasteiger partial charge in [0.15, 0.2) is 0 Å². The number of aromatic nitrogens is 2. The highest BCUT2D eigenvalue weighted by molar-refractivity contribution is 7.18. The molecule has 7 heteroatoms.